The van der Waals surface area contributed by atoms with Gasteiger partial charge in [0.15, 0.2) is 0 Å². The van der Waals surface area contributed by atoms with Gasteiger partial charge < -0.3 is 10.1 Å². The molecule has 1 atom stereocenters. The summed E-state index contributed by atoms with van der Waals surface area (Å²) in [5.74, 6) is 0.692. The number of hydrogen-bond donors (Lipinski definition) is 1. The second-order valence-electron chi connectivity index (χ2n) is 5.23. The van der Waals surface area contributed by atoms with Crippen LogP contribution in [0.4, 0.5) is 0 Å². The molecular formula is C13H23N3O. The standard InChI is InChI=1S/C13H23N3O/c1-11(2)6-14-7-12-8-15-16(9-12)10-13-4-3-5-17-13/h8-9,11,13-14H,3-7,10H2,1-2H3. The molecule has 1 unspecified atom stereocenters. The van der Waals surface area contributed by atoms with Crippen LogP contribution in [0.2, 0.25) is 0 Å². The zero-order valence-corrected chi connectivity index (χ0v) is 10.9. The maximum absolute atomic E-state index is 5.60. The van der Waals surface area contributed by atoms with Crippen molar-refractivity contribution >= 4 is 0 Å². The average molecular weight is 237 g/mol. The molecule has 2 heterocycles. The van der Waals surface area contributed by atoms with Crippen molar-refractivity contribution in [3.8, 4) is 0 Å². The SMILES string of the molecule is CC(C)CNCc1cnn(CC2CCCO2)c1. The highest BCUT2D eigenvalue weighted by atomic mass is 16.5. The summed E-state index contributed by atoms with van der Waals surface area (Å²) in [4.78, 5) is 0. The van der Waals surface area contributed by atoms with Crippen molar-refractivity contribution in [3.63, 3.8) is 0 Å². The third kappa shape index (κ3) is 4.13. The predicted octanol–water partition coefficient (Wildman–Crippen LogP) is 1.81. The zero-order valence-electron chi connectivity index (χ0n) is 10.9. The maximum Gasteiger partial charge on any atom is 0.0771 e. The Balaban J connectivity index is 1.75. The molecule has 0 radical (unpaired) electrons. The van der Waals surface area contributed by atoms with Crippen molar-refractivity contribution in [3.05, 3.63) is 18.0 Å². The van der Waals surface area contributed by atoms with E-state index >= 15 is 0 Å². The van der Waals surface area contributed by atoms with E-state index in [0.717, 1.165) is 26.2 Å². The van der Waals surface area contributed by atoms with Gasteiger partial charge >= 0.3 is 0 Å². The summed E-state index contributed by atoms with van der Waals surface area (Å²) in [6.45, 7) is 8.20. The minimum atomic E-state index is 0.367. The van der Waals surface area contributed by atoms with Crippen molar-refractivity contribution in [2.45, 2.75) is 45.9 Å². The molecule has 0 spiro atoms. The first-order valence-electron chi connectivity index (χ1n) is 6.57. The molecule has 1 saturated heterocycles. The summed E-state index contributed by atoms with van der Waals surface area (Å²) in [6, 6.07) is 0. The lowest BCUT2D eigenvalue weighted by atomic mass is 10.2. The molecule has 2 rings (SSSR count). The molecule has 4 nitrogen and oxygen atoms in total. The lowest BCUT2D eigenvalue weighted by molar-refractivity contribution is 0.0940. The van der Waals surface area contributed by atoms with Gasteiger partial charge in [-0.2, -0.15) is 5.10 Å². The molecule has 4 heteroatoms. The van der Waals surface area contributed by atoms with Crippen LogP contribution >= 0.6 is 0 Å². The molecule has 1 aromatic heterocycles. The van der Waals surface area contributed by atoms with Crippen molar-refractivity contribution < 1.29 is 4.74 Å². The van der Waals surface area contributed by atoms with Gasteiger partial charge in [0.05, 0.1) is 18.8 Å². The molecule has 96 valence electrons. The molecule has 1 N–H and O–H groups in total. The van der Waals surface area contributed by atoms with E-state index < -0.39 is 0 Å². The van der Waals surface area contributed by atoms with E-state index in [2.05, 4.69) is 30.5 Å². The summed E-state index contributed by atoms with van der Waals surface area (Å²) in [7, 11) is 0. The van der Waals surface area contributed by atoms with E-state index in [1.54, 1.807) is 0 Å². The Hall–Kier alpha value is -0.870. The molecule has 17 heavy (non-hydrogen) atoms. The molecule has 1 aromatic rings. The summed E-state index contributed by atoms with van der Waals surface area (Å²) < 4.78 is 7.60. The van der Waals surface area contributed by atoms with E-state index in [1.165, 1.54) is 18.4 Å². The monoisotopic (exact) mass is 237 g/mol. The van der Waals surface area contributed by atoms with Crippen molar-refractivity contribution in [2.75, 3.05) is 13.2 Å². The minimum absolute atomic E-state index is 0.367. The number of ether oxygens (including phenoxy) is 1. The van der Waals surface area contributed by atoms with Crippen molar-refractivity contribution in [1.82, 2.24) is 15.1 Å². The second-order valence-corrected chi connectivity index (χ2v) is 5.23. The van der Waals surface area contributed by atoms with Crippen molar-refractivity contribution in [1.29, 1.82) is 0 Å². The van der Waals surface area contributed by atoms with Crippen LogP contribution in [0.25, 0.3) is 0 Å². The van der Waals surface area contributed by atoms with Gasteiger partial charge in [0.2, 0.25) is 0 Å². The first kappa shape index (κ1) is 12.6. The molecular weight excluding hydrogens is 214 g/mol. The van der Waals surface area contributed by atoms with Crippen LogP contribution in [0.15, 0.2) is 12.4 Å². The maximum atomic E-state index is 5.60. The van der Waals surface area contributed by atoms with Gasteiger partial charge in [0.25, 0.3) is 0 Å². The molecule has 0 aliphatic carbocycles. The van der Waals surface area contributed by atoms with Crippen LogP contribution in [0.3, 0.4) is 0 Å². The number of rotatable bonds is 6. The summed E-state index contributed by atoms with van der Waals surface area (Å²) >= 11 is 0. The molecule has 0 amide bonds. The quantitative estimate of drug-likeness (QED) is 0.820. The smallest absolute Gasteiger partial charge is 0.0771 e. The van der Waals surface area contributed by atoms with Crippen LogP contribution in [0.1, 0.15) is 32.3 Å². The summed E-state index contributed by atoms with van der Waals surface area (Å²) in [5, 5.41) is 7.80. The predicted molar refractivity (Wildman–Crippen MR) is 67.7 cm³/mol. The van der Waals surface area contributed by atoms with Crippen LogP contribution in [0.5, 0.6) is 0 Å². The molecule has 1 aliphatic heterocycles. The van der Waals surface area contributed by atoms with E-state index in [0.29, 0.717) is 12.0 Å². The fraction of sp³-hybridized carbons (Fsp3) is 0.769. The fourth-order valence-corrected chi connectivity index (χ4v) is 2.10. The molecule has 0 saturated carbocycles. The van der Waals surface area contributed by atoms with Crippen LogP contribution in [0, 0.1) is 5.92 Å². The second kappa shape index (κ2) is 6.17. The Morgan fingerprint density at radius 1 is 1.59 bits per heavy atom. The third-order valence-corrected chi connectivity index (χ3v) is 2.98. The van der Waals surface area contributed by atoms with E-state index in [9.17, 15) is 0 Å². The van der Waals surface area contributed by atoms with Gasteiger partial charge in [-0.1, -0.05) is 13.8 Å². The van der Waals surface area contributed by atoms with Gasteiger partial charge in [-0.05, 0) is 25.3 Å². The normalized spacial score (nSPS) is 20.3. The Morgan fingerprint density at radius 3 is 3.18 bits per heavy atom. The molecule has 0 bridgehead atoms. The summed E-state index contributed by atoms with van der Waals surface area (Å²) in [5.41, 5.74) is 1.25. The Labute approximate surface area is 103 Å². The Kier molecular flexibility index (Phi) is 4.57. The highest BCUT2D eigenvalue weighted by Gasteiger charge is 2.16. The molecule has 1 fully saturated rings. The van der Waals surface area contributed by atoms with Gasteiger partial charge in [-0.15, -0.1) is 0 Å². The number of nitrogens with one attached hydrogen (secondary N) is 1. The number of aromatic nitrogens is 2. The fourth-order valence-electron chi connectivity index (χ4n) is 2.10. The van der Waals surface area contributed by atoms with Crippen LogP contribution in [-0.2, 0) is 17.8 Å². The Bertz CT molecular complexity index is 329. The Morgan fingerprint density at radius 2 is 2.47 bits per heavy atom. The topological polar surface area (TPSA) is 39.1 Å². The molecule has 1 aliphatic rings. The first-order valence-corrected chi connectivity index (χ1v) is 6.57. The van der Waals surface area contributed by atoms with E-state index in [1.807, 2.05) is 10.9 Å². The minimum Gasteiger partial charge on any atom is -0.376 e. The highest BCUT2D eigenvalue weighted by Crippen LogP contribution is 2.13. The average Bonchev–Trinajstić information content (AvgIpc) is 2.90. The van der Waals surface area contributed by atoms with E-state index in [4.69, 9.17) is 4.74 Å². The highest BCUT2D eigenvalue weighted by molar-refractivity contribution is 5.03. The zero-order chi connectivity index (χ0) is 12.1. The lowest BCUT2D eigenvalue weighted by Gasteiger charge is -2.08. The van der Waals surface area contributed by atoms with Gasteiger partial charge in [0.1, 0.15) is 0 Å². The first-order chi connectivity index (χ1) is 8.24. The lowest BCUT2D eigenvalue weighted by Crippen LogP contribution is -2.18. The van der Waals surface area contributed by atoms with Crippen LogP contribution < -0.4 is 5.32 Å². The van der Waals surface area contributed by atoms with Gasteiger partial charge in [-0.3, -0.25) is 4.68 Å². The van der Waals surface area contributed by atoms with Crippen LogP contribution in [-0.4, -0.2) is 29.0 Å². The van der Waals surface area contributed by atoms with Crippen molar-refractivity contribution in [2.24, 2.45) is 5.92 Å². The molecule has 0 aromatic carbocycles. The number of nitrogens with zero attached hydrogens (tertiary/aromatic N) is 2. The largest absolute Gasteiger partial charge is 0.376 e. The number of hydrogen-bond acceptors (Lipinski definition) is 3. The van der Waals surface area contributed by atoms with E-state index in [-0.39, 0.29) is 0 Å². The third-order valence-electron chi connectivity index (χ3n) is 2.98. The van der Waals surface area contributed by atoms with Gasteiger partial charge in [0, 0.05) is 24.9 Å². The van der Waals surface area contributed by atoms with Gasteiger partial charge in [-0.25, -0.2) is 0 Å². The summed E-state index contributed by atoms with van der Waals surface area (Å²) in [6.07, 6.45) is 6.79.